The van der Waals surface area contributed by atoms with Gasteiger partial charge in [-0.05, 0) is 29.8 Å². The second-order valence-corrected chi connectivity index (χ2v) is 4.90. The minimum Gasteiger partial charge on any atom is -0.384 e. The summed E-state index contributed by atoms with van der Waals surface area (Å²) in [6.45, 7) is 0. The molecule has 0 amide bonds. The zero-order chi connectivity index (χ0) is 13.0. The predicted octanol–water partition coefficient (Wildman–Crippen LogP) is 3.40. The maximum atomic E-state index is 12.7. The number of hydrogen-bond donors (Lipinski definition) is 2. The highest BCUT2D eigenvalue weighted by Gasteiger charge is 1.99. The summed E-state index contributed by atoms with van der Waals surface area (Å²) in [5.41, 5.74) is 7.26. The molecule has 0 fully saturated rings. The van der Waals surface area contributed by atoms with Crippen molar-refractivity contribution in [3.63, 3.8) is 0 Å². The molecule has 0 spiro atoms. The summed E-state index contributed by atoms with van der Waals surface area (Å²) in [6, 6.07) is 14.0. The van der Waals surface area contributed by atoms with Crippen molar-refractivity contribution in [2.45, 2.75) is 10.6 Å². The number of rotatable bonds is 4. The van der Waals surface area contributed by atoms with Crippen LogP contribution in [0.3, 0.4) is 0 Å². The van der Waals surface area contributed by atoms with E-state index < -0.39 is 0 Å². The van der Waals surface area contributed by atoms with Gasteiger partial charge in [-0.15, -0.1) is 11.8 Å². The van der Waals surface area contributed by atoms with E-state index in [2.05, 4.69) is 0 Å². The quantitative estimate of drug-likeness (QED) is 0.503. The summed E-state index contributed by atoms with van der Waals surface area (Å²) >= 11 is 1.64. The van der Waals surface area contributed by atoms with E-state index in [1.807, 2.05) is 24.3 Å². The molecule has 0 unspecified atom stereocenters. The topological polar surface area (TPSA) is 49.9 Å². The number of nitrogens with two attached hydrogens (primary N) is 1. The van der Waals surface area contributed by atoms with Crippen LogP contribution in [0.4, 0.5) is 4.39 Å². The van der Waals surface area contributed by atoms with Crippen LogP contribution in [0.25, 0.3) is 0 Å². The van der Waals surface area contributed by atoms with Crippen molar-refractivity contribution in [1.82, 2.24) is 0 Å². The van der Waals surface area contributed by atoms with Crippen LogP contribution in [0, 0.1) is 11.2 Å². The summed E-state index contributed by atoms with van der Waals surface area (Å²) in [6.07, 6.45) is 0. The summed E-state index contributed by atoms with van der Waals surface area (Å²) in [7, 11) is 0. The lowest BCUT2D eigenvalue weighted by atomic mass is 10.1. The predicted molar refractivity (Wildman–Crippen MR) is 73.4 cm³/mol. The van der Waals surface area contributed by atoms with Crippen LogP contribution in [0.2, 0.25) is 0 Å². The second-order valence-electron chi connectivity index (χ2n) is 3.85. The van der Waals surface area contributed by atoms with Gasteiger partial charge in [0, 0.05) is 16.2 Å². The zero-order valence-corrected chi connectivity index (χ0v) is 10.5. The third kappa shape index (κ3) is 3.34. The lowest BCUT2D eigenvalue weighted by molar-refractivity contribution is 0.626. The molecule has 0 saturated carbocycles. The van der Waals surface area contributed by atoms with E-state index in [0.29, 0.717) is 0 Å². The smallest absolute Gasteiger partial charge is 0.123 e. The summed E-state index contributed by atoms with van der Waals surface area (Å²) in [5.74, 6) is 0.669. The van der Waals surface area contributed by atoms with Crippen molar-refractivity contribution in [3.05, 3.63) is 65.5 Å². The van der Waals surface area contributed by atoms with Gasteiger partial charge in [-0.3, -0.25) is 5.41 Å². The number of nitrogens with one attached hydrogen (secondary N) is 1. The third-order valence-corrected chi connectivity index (χ3v) is 3.57. The number of nitrogen functional groups attached to an aromatic ring is 1. The molecular weight excluding hydrogens is 247 g/mol. The Morgan fingerprint density at radius 3 is 2.22 bits per heavy atom. The van der Waals surface area contributed by atoms with Crippen LogP contribution in [-0.2, 0) is 5.75 Å². The fourth-order valence-corrected chi connectivity index (χ4v) is 2.33. The molecule has 0 radical (unpaired) electrons. The molecule has 18 heavy (non-hydrogen) atoms. The lowest BCUT2D eigenvalue weighted by Gasteiger charge is -2.03. The molecule has 2 nitrogen and oxygen atoms in total. The van der Waals surface area contributed by atoms with Crippen molar-refractivity contribution < 1.29 is 4.39 Å². The molecule has 0 bridgehead atoms. The normalized spacial score (nSPS) is 10.3. The highest BCUT2D eigenvalue weighted by atomic mass is 32.2. The number of benzene rings is 2. The van der Waals surface area contributed by atoms with Crippen molar-refractivity contribution in [2.24, 2.45) is 5.73 Å². The monoisotopic (exact) mass is 260 g/mol. The van der Waals surface area contributed by atoms with E-state index in [1.165, 1.54) is 12.1 Å². The van der Waals surface area contributed by atoms with Crippen LogP contribution < -0.4 is 5.73 Å². The standard InChI is InChI=1S/C14H13FN2S/c15-12-5-7-13(8-6-12)18-9-10-1-3-11(4-2-10)14(16)17/h1-8H,9H2,(H3,16,17). The minimum atomic E-state index is -0.217. The Labute approximate surface area is 110 Å². The first-order valence-corrected chi connectivity index (χ1v) is 6.45. The second kappa shape index (κ2) is 5.69. The molecule has 0 aliphatic rings. The van der Waals surface area contributed by atoms with Crippen molar-refractivity contribution in [1.29, 1.82) is 5.41 Å². The van der Waals surface area contributed by atoms with E-state index >= 15 is 0 Å². The molecule has 0 aliphatic heterocycles. The summed E-state index contributed by atoms with van der Waals surface area (Å²) in [4.78, 5) is 1.03. The van der Waals surface area contributed by atoms with Gasteiger partial charge in [-0.2, -0.15) is 0 Å². The Morgan fingerprint density at radius 1 is 1.06 bits per heavy atom. The Hall–Kier alpha value is -1.81. The van der Waals surface area contributed by atoms with E-state index in [0.717, 1.165) is 21.8 Å². The molecule has 0 atom stereocenters. The van der Waals surface area contributed by atoms with Crippen molar-refractivity contribution in [3.8, 4) is 0 Å². The largest absolute Gasteiger partial charge is 0.384 e. The maximum Gasteiger partial charge on any atom is 0.123 e. The molecule has 2 aromatic rings. The lowest BCUT2D eigenvalue weighted by Crippen LogP contribution is -2.10. The molecule has 0 aromatic heterocycles. The van der Waals surface area contributed by atoms with Gasteiger partial charge in [-0.25, -0.2) is 4.39 Å². The molecule has 4 heteroatoms. The van der Waals surface area contributed by atoms with Gasteiger partial charge in [0.1, 0.15) is 11.7 Å². The number of halogens is 1. The van der Waals surface area contributed by atoms with E-state index in [-0.39, 0.29) is 11.7 Å². The van der Waals surface area contributed by atoms with Gasteiger partial charge in [-0.1, -0.05) is 24.3 Å². The number of amidine groups is 1. The molecule has 2 aromatic carbocycles. The van der Waals surface area contributed by atoms with E-state index in [9.17, 15) is 4.39 Å². The van der Waals surface area contributed by atoms with Crippen molar-refractivity contribution >= 4 is 17.6 Å². The number of hydrogen-bond acceptors (Lipinski definition) is 2. The number of thioether (sulfide) groups is 1. The first-order valence-electron chi connectivity index (χ1n) is 5.47. The minimum absolute atomic E-state index is 0.0766. The maximum absolute atomic E-state index is 12.7. The molecule has 0 heterocycles. The van der Waals surface area contributed by atoms with Crippen LogP contribution in [0.1, 0.15) is 11.1 Å². The Balaban J connectivity index is 1.97. The first kappa shape index (κ1) is 12.6. The zero-order valence-electron chi connectivity index (χ0n) is 9.69. The van der Waals surface area contributed by atoms with E-state index in [4.69, 9.17) is 11.1 Å². The molecule has 0 saturated heterocycles. The van der Waals surface area contributed by atoms with Crippen molar-refractivity contribution in [2.75, 3.05) is 0 Å². The highest BCUT2D eigenvalue weighted by Crippen LogP contribution is 2.22. The first-order chi connectivity index (χ1) is 8.65. The van der Waals surface area contributed by atoms with Gasteiger partial charge in [0.25, 0.3) is 0 Å². The van der Waals surface area contributed by atoms with Crippen LogP contribution >= 0.6 is 11.8 Å². The molecular formula is C14H13FN2S. The third-order valence-electron chi connectivity index (χ3n) is 2.48. The fraction of sp³-hybridized carbons (Fsp3) is 0.0714. The average molecular weight is 260 g/mol. The molecule has 2 rings (SSSR count). The summed E-state index contributed by atoms with van der Waals surface area (Å²) < 4.78 is 12.7. The molecule has 3 N–H and O–H groups in total. The Morgan fingerprint density at radius 2 is 1.67 bits per heavy atom. The van der Waals surface area contributed by atoms with E-state index in [1.54, 1.807) is 23.9 Å². The van der Waals surface area contributed by atoms with Gasteiger partial charge in [0.2, 0.25) is 0 Å². The van der Waals surface area contributed by atoms with Gasteiger partial charge in [0.05, 0.1) is 0 Å². The summed E-state index contributed by atoms with van der Waals surface area (Å²) in [5, 5.41) is 7.30. The molecule has 0 aliphatic carbocycles. The van der Waals surface area contributed by atoms with Gasteiger partial charge >= 0.3 is 0 Å². The Kier molecular flexibility index (Phi) is 3.99. The van der Waals surface area contributed by atoms with Crippen LogP contribution in [0.15, 0.2) is 53.4 Å². The molecule has 92 valence electrons. The van der Waals surface area contributed by atoms with Crippen LogP contribution in [-0.4, -0.2) is 5.84 Å². The highest BCUT2D eigenvalue weighted by molar-refractivity contribution is 7.98. The van der Waals surface area contributed by atoms with Crippen LogP contribution in [0.5, 0.6) is 0 Å². The SMILES string of the molecule is N=C(N)c1ccc(CSc2ccc(F)cc2)cc1. The Bertz CT molecular complexity index is 535. The average Bonchev–Trinajstić information content (AvgIpc) is 2.38. The fourth-order valence-electron chi connectivity index (χ4n) is 1.48. The van der Waals surface area contributed by atoms with Gasteiger partial charge in [0.15, 0.2) is 0 Å². The van der Waals surface area contributed by atoms with Gasteiger partial charge < -0.3 is 5.73 Å².